The number of Topliss-reactive ketones (excluding diaryl/α,β-unsaturated/α-hetero) is 1. The maximum Gasteiger partial charge on any atom is 0.144 e. The standard InChI is InChI=1S/C12H17ClO2/c1-8-10-4-6-12(15-10,5-3-7-13)9(2)11(8)14/h4,6,8-10H,3,5,7H2,1-2H3/t8-,9-,10-,12-/m0/s1. The van der Waals surface area contributed by atoms with Crippen molar-refractivity contribution in [1.29, 1.82) is 0 Å². The molecule has 15 heavy (non-hydrogen) atoms. The van der Waals surface area contributed by atoms with Crippen LogP contribution in [0.25, 0.3) is 0 Å². The predicted molar refractivity (Wildman–Crippen MR) is 60.0 cm³/mol. The molecule has 1 saturated heterocycles. The molecule has 0 N–H and O–H groups in total. The summed E-state index contributed by atoms with van der Waals surface area (Å²) >= 11 is 5.70. The van der Waals surface area contributed by atoms with Crippen molar-refractivity contribution in [2.75, 3.05) is 5.88 Å². The van der Waals surface area contributed by atoms with Gasteiger partial charge in [0.05, 0.1) is 11.7 Å². The van der Waals surface area contributed by atoms with Gasteiger partial charge < -0.3 is 4.74 Å². The maximum atomic E-state index is 12.0. The Hall–Kier alpha value is -0.340. The second-order valence-corrected chi connectivity index (χ2v) is 4.98. The van der Waals surface area contributed by atoms with E-state index in [2.05, 4.69) is 6.08 Å². The van der Waals surface area contributed by atoms with Gasteiger partial charge in [-0.2, -0.15) is 0 Å². The maximum absolute atomic E-state index is 12.0. The van der Waals surface area contributed by atoms with E-state index in [1.807, 2.05) is 19.9 Å². The van der Waals surface area contributed by atoms with Crippen molar-refractivity contribution < 1.29 is 9.53 Å². The number of ketones is 1. The van der Waals surface area contributed by atoms with Crippen LogP contribution in [-0.2, 0) is 9.53 Å². The molecular formula is C12H17ClO2. The number of carbonyl (C=O) groups is 1. The molecule has 2 bridgehead atoms. The first-order chi connectivity index (χ1) is 7.10. The summed E-state index contributed by atoms with van der Waals surface area (Å²) in [5, 5.41) is 0. The van der Waals surface area contributed by atoms with Crippen molar-refractivity contribution in [3.63, 3.8) is 0 Å². The molecule has 2 aliphatic rings. The molecule has 0 aliphatic carbocycles. The van der Waals surface area contributed by atoms with Gasteiger partial charge >= 0.3 is 0 Å². The van der Waals surface area contributed by atoms with Crippen molar-refractivity contribution in [1.82, 2.24) is 0 Å². The molecule has 1 fully saturated rings. The normalized spacial score (nSPS) is 43.7. The quantitative estimate of drug-likeness (QED) is 0.548. The Morgan fingerprint density at radius 3 is 2.93 bits per heavy atom. The van der Waals surface area contributed by atoms with Gasteiger partial charge in [0.15, 0.2) is 0 Å². The highest BCUT2D eigenvalue weighted by molar-refractivity contribution is 6.17. The minimum Gasteiger partial charge on any atom is -0.362 e. The summed E-state index contributed by atoms with van der Waals surface area (Å²) in [6.45, 7) is 3.92. The molecule has 0 saturated carbocycles. The highest BCUT2D eigenvalue weighted by atomic mass is 35.5. The zero-order valence-electron chi connectivity index (χ0n) is 9.20. The molecule has 2 nitrogen and oxygen atoms in total. The lowest BCUT2D eigenvalue weighted by Crippen LogP contribution is -2.50. The van der Waals surface area contributed by atoms with E-state index in [-0.39, 0.29) is 23.5 Å². The second-order valence-electron chi connectivity index (χ2n) is 4.60. The van der Waals surface area contributed by atoms with Crippen LogP contribution in [0.3, 0.4) is 0 Å². The summed E-state index contributed by atoms with van der Waals surface area (Å²) < 4.78 is 5.99. The van der Waals surface area contributed by atoms with Gasteiger partial charge in [-0.3, -0.25) is 4.79 Å². The summed E-state index contributed by atoms with van der Waals surface area (Å²) in [7, 11) is 0. The van der Waals surface area contributed by atoms with Gasteiger partial charge in [0.2, 0.25) is 0 Å². The van der Waals surface area contributed by atoms with Crippen LogP contribution in [0.4, 0.5) is 0 Å². The Balaban J connectivity index is 2.20. The Bertz CT molecular complexity index is 300. The van der Waals surface area contributed by atoms with E-state index in [0.29, 0.717) is 11.7 Å². The fraction of sp³-hybridized carbons (Fsp3) is 0.750. The molecule has 84 valence electrons. The monoisotopic (exact) mass is 228 g/mol. The van der Waals surface area contributed by atoms with Crippen LogP contribution >= 0.6 is 11.6 Å². The van der Waals surface area contributed by atoms with E-state index in [9.17, 15) is 4.79 Å². The van der Waals surface area contributed by atoms with Crippen molar-refractivity contribution in [2.24, 2.45) is 11.8 Å². The number of halogens is 1. The van der Waals surface area contributed by atoms with E-state index in [1.54, 1.807) is 0 Å². The first kappa shape index (κ1) is 11.2. The Kier molecular flexibility index (Phi) is 2.91. The molecule has 2 aliphatic heterocycles. The topological polar surface area (TPSA) is 26.3 Å². The van der Waals surface area contributed by atoms with Gasteiger partial charge in [0, 0.05) is 17.7 Å². The molecular weight excluding hydrogens is 212 g/mol. The minimum atomic E-state index is -0.358. The van der Waals surface area contributed by atoms with Crippen molar-refractivity contribution in [3.8, 4) is 0 Å². The van der Waals surface area contributed by atoms with Crippen molar-refractivity contribution in [2.45, 2.75) is 38.4 Å². The van der Waals surface area contributed by atoms with Gasteiger partial charge in [-0.15, -0.1) is 11.6 Å². The Morgan fingerprint density at radius 2 is 2.27 bits per heavy atom. The first-order valence-electron chi connectivity index (χ1n) is 5.57. The van der Waals surface area contributed by atoms with Crippen LogP contribution in [0.15, 0.2) is 12.2 Å². The van der Waals surface area contributed by atoms with Crippen LogP contribution in [0.5, 0.6) is 0 Å². The molecule has 4 atom stereocenters. The fourth-order valence-corrected chi connectivity index (χ4v) is 2.74. The van der Waals surface area contributed by atoms with Gasteiger partial charge in [-0.1, -0.05) is 26.0 Å². The molecule has 0 amide bonds. The highest BCUT2D eigenvalue weighted by Gasteiger charge is 2.51. The summed E-state index contributed by atoms with van der Waals surface area (Å²) in [5.41, 5.74) is -0.358. The summed E-state index contributed by atoms with van der Waals surface area (Å²) in [6, 6.07) is 0. The second kappa shape index (κ2) is 3.91. The van der Waals surface area contributed by atoms with E-state index < -0.39 is 0 Å². The fourth-order valence-electron chi connectivity index (χ4n) is 2.60. The van der Waals surface area contributed by atoms with E-state index in [4.69, 9.17) is 16.3 Å². The van der Waals surface area contributed by atoms with Gasteiger partial charge in [0.25, 0.3) is 0 Å². The van der Waals surface area contributed by atoms with Crippen molar-refractivity contribution in [3.05, 3.63) is 12.2 Å². The van der Waals surface area contributed by atoms with Crippen LogP contribution in [0.1, 0.15) is 26.7 Å². The molecule has 0 aromatic heterocycles. The molecule has 2 heterocycles. The average Bonchev–Trinajstić information content (AvgIpc) is 2.65. The largest absolute Gasteiger partial charge is 0.362 e. The molecule has 3 heteroatoms. The third-order valence-electron chi connectivity index (χ3n) is 3.73. The first-order valence-corrected chi connectivity index (χ1v) is 6.11. The SMILES string of the molecule is C[C@@H]1C(=O)[C@H](C)[C@]2(CCCCl)C=C[C@@H]1O2. The summed E-state index contributed by atoms with van der Waals surface area (Å²) in [6.07, 6.45) is 5.86. The van der Waals surface area contributed by atoms with Crippen molar-refractivity contribution >= 4 is 17.4 Å². The molecule has 2 rings (SSSR count). The third-order valence-corrected chi connectivity index (χ3v) is 3.99. The lowest BCUT2D eigenvalue weighted by Gasteiger charge is -2.40. The Labute approximate surface area is 95.6 Å². The smallest absolute Gasteiger partial charge is 0.144 e. The van der Waals surface area contributed by atoms with Crippen LogP contribution in [0, 0.1) is 11.8 Å². The summed E-state index contributed by atoms with van der Waals surface area (Å²) in [4.78, 5) is 12.0. The molecule has 0 aromatic rings. The average molecular weight is 229 g/mol. The molecule has 0 unspecified atom stereocenters. The molecule has 0 aromatic carbocycles. The number of rotatable bonds is 3. The Morgan fingerprint density at radius 1 is 1.53 bits per heavy atom. The zero-order chi connectivity index (χ0) is 11.1. The van der Waals surface area contributed by atoms with E-state index in [0.717, 1.165) is 12.8 Å². The number of hydrogen-bond donors (Lipinski definition) is 0. The zero-order valence-corrected chi connectivity index (χ0v) is 9.96. The lowest BCUT2D eigenvalue weighted by molar-refractivity contribution is -0.159. The number of ether oxygens (including phenoxy) is 1. The summed E-state index contributed by atoms with van der Waals surface area (Å²) in [5.74, 6) is 0.916. The molecule has 0 radical (unpaired) electrons. The highest BCUT2D eigenvalue weighted by Crippen LogP contribution is 2.43. The van der Waals surface area contributed by atoms with E-state index >= 15 is 0 Å². The number of hydrogen-bond acceptors (Lipinski definition) is 2. The number of alkyl halides is 1. The third kappa shape index (κ3) is 1.64. The number of fused-ring (bicyclic) bond motifs is 2. The predicted octanol–water partition coefficient (Wildman–Crippen LogP) is 2.55. The van der Waals surface area contributed by atoms with Gasteiger partial charge in [0.1, 0.15) is 5.78 Å². The van der Waals surface area contributed by atoms with Gasteiger partial charge in [-0.25, -0.2) is 0 Å². The molecule has 0 spiro atoms. The minimum absolute atomic E-state index is 0.00266. The van der Waals surface area contributed by atoms with Crippen LogP contribution in [-0.4, -0.2) is 23.4 Å². The number of carbonyl (C=O) groups excluding carboxylic acids is 1. The van der Waals surface area contributed by atoms with E-state index in [1.165, 1.54) is 0 Å². The van der Waals surface area contributed by atoms with Crippen LogP contribution in [0.2, 0.25) is 0 Å². The lowest BCUT2D eigenvalue weighted by atomic mass is 9.77. The van der Waals surface area contributed by atoms with Crippen LogP contribution < -0.4 is 0 Å². The van der Waals surface area contributed by atoms with Gasteiger partial charge in [-0.05, 0) is 12.8 Å².